The highest BCUT2D eigenvalue weighted by Gasteiger charge is 2.29. The third kappa shape index (κ3) is 3.65. The Labute approximate surface area is 147 Å². The summed E-state index contributed by atoms with van der Waals surface area (Å²) in [6.07, 6.45) is 3.19. The minimum atomic E-state index is -0.469. The first kappa shape index (κ1) is 17.0. The van der Waals surface area contributed by atoms with Crippen LogP contribution in [0.3, 0.4) is 0 Å². The van der Waals surface area contributed by atoms with Gasteiger partial charge < -0.3 is 10.2 Å². The number of benzene rings is 1. The lowest BCUT2D eigenvalue weighted by Gasteiger charge is -2.31. The minimum absolute atomic E-state index is 0.0173. The second-order valence-corrected chi connectivity index (χ2v) is 6.13. The molecule has 0 saturated carbocycles. The Kier molecular flexibility index (Phi) is 5.02. The predicted octanol–water partition coefficient (Wildman–Crippen LogP) is 2.31. The van der Waals surface area contributed by atoms with Crippen LogP contribution in [0.15, 0.2) is 36.5 Å². The van der Waals surface area contributed by atoms with E-state index >= 15 is 0 Å². The number of carbonyl (C=O) groups excluding carboxylic acids is 2. The van der Waals surface area contributed by atoms with Gasteiger partial charge in [0.25, 0.3) is 0 Å². The third-order valence-electron chi connectivity index (χ3n) is 4.45. The first-order valence-electron chi connectivity index (χ1n) is 8.56. The van der Waals surface area contributed by atoms with E-state index in [0.717, 1.165) is 24.2 Å². The number of anilines is 1. The number of urea groups is 1. The van der Waals surface area contributed by atoms with Gasteiger partial charge in [-0.25, -0.2) is 9.48 Å². The molecule has 0 spiro atoms. The van der Waals surface area contributed by atoms with Crippen LogP contribution in [0.4, 0.5) is 10.6 Å². The Hall–Kier alpha value is -2.83. The number of nitrogens with one attached hydrogen (secondary N) is 2. The van der Waals surface area contributed by atoms with Crippen molar-refractivity contribution in [2.45, 2.75) is 32.7 Å². The first-order valence-corrected chi connectivity index (χ1v) is 8.56. The Balaban J connectivity index is 1.69. The molecule has 1 aromatic heterocycles. The van der Waals surface area contributed by atoms with Crippen LogP contribution in [0, 0.1) is 6.92 Å². The van der Waals surface area contributed by atoms with Crippen molar-refractivity contribution in [1.82, 2.24) is 20.0 Å². The summed E-state index contributed by atoms with van der Waals surface area (Å²) in [6.45, 7) is 5.36. The highest BCUT2D eigenvalue weighted by atomic mass is 16.2. The summed E-state index contributed by atoms with van der Waals surface area (Å²) in [4.78, 5) is 26.4. The Morgan fingerprint density at radius 2 is 2.12 bits per heavy atom. The summed E-state index contributed by atoms with van der Waals surface area (Å²) in [6, 6.07) is 8.67. The molecule has 1 aliphatic heterocycles. The number of para-hydroxylation sites is 1. The van der Waals surface area contributed by atoms with E-state index in [1.165, 1.54) is 0 Å². The Morgan fingerprint density at radius 1 is 1.32 bits per heavy atom. The fourth-order valence-corrected chi connectivity index (χ4v) is 3.09. The molecule has 1 unspecified atom stereocenters. The lowest BCUT2D eigenvalue weighted by atomic mass is 10.1. The van der Waals surface area contributed by atoms with Gasteiger partial charge in [0, 0.05) is 19.2 Å². The molecule has 0 bridgehead atoms. The van der Waals surface area contributed by atoms with Gasteiger partial charge in [0.2, 0.25) is 5.91 Å². The molecule has 2 heterocycles. The third-order valence-corrected chi connectivity index (χ3v) is 4.45. The second-order valence-electron chi connectivity index (χ2n) is 6.13. The molecule has 3 rings (SSSR count). The molecule has 2 aromatic rings. The first-order chi connectivity index (χ1) is 12.1. The average Bonchev–Trinajstić information content (AvgIpc) is 3.05. The molecule has 2 N–H and O–H groups in total. The van der Waals surface area contributed by atoms with E-state index in [-0.39, 0.29) is 5.91 Å². The number of amides is 3. The zero-order chi connectivity index (χ0) is 17.8. The molecule has 1 aliphatic rings. The van der Waals surface area contributed by atoms with Gasteiger partial charge in [0.05, 0.1) is 11.9 Å². The van der Waals surface area contributed by atoms with Crippen LogP contribution >= 0.6 is 0 Å². The Morgan fingerprint density at radius 3 is 2.88 bits per heavy atom. The van der Waals surface area contributed by atoms with E-state index in [1.807, 2.05) is 38.1 Å². The summed E-state index contributed by atoms with van der Waals surface area (Å²) in [5.74, 6) is 0.540. The van der Waals surface area contributed by atoms with Crippen LogP contribution < -0.4 is 10.6 Å². The van der Waals surface area contributed by atoms with E-state index in [1.54, 1.807) is 21.8 Å². The van der Waals surface area contributed by atoms with Crippen LogP contribution in [-0.2, 0) is 4.79 Å². The molecule has 1 aromatic carbocycles. The maximum Gasteiger partial charge on any atom is 0.321 e. The molecule has 1 atom stereocenters. The number of nitrogens with zero attached hydrogens (tertiary/aromatic N) is 3. The van der Waals surface area contributed by atoms with Crippen molar-refractivity contribution in [2.75, 3.05) is 18.4 Å². The molecule has 3 amide bonds. The number of carbonyl (C=O) groups is 2. The molecule has 0 aliphatic carbocycles. The van der Waals surface area contributed by atoms with E-state index in [2.05, 4.69) is 15.7 Å². The van der Waals surface area contributed by atoms with Gasteiger partial charge in [-0.2, -0.15) is 5.10 Å². The van der Waals surface area contributed by atoms with Crippen LogP contribution in [0.5, 0.6) is 0 Å². The summed E-state index contributed by atoms with van der Waals surface area (Å²) in [5, 5.41) is 9.87. The maximum absolute atomic E-state index is 12.4. The number of piperidine rings is 1. The normalized spacial score (nSPS) is 17.4. The molecular weight excluding hydrogens is 318 g/mol. The lowest BCUT2D eigenvalue weighted by Crippen LogP contribution is -2.53. The highest BCUT2D eigenvalue weighted by molar-refractivity contribution is 5.93. The summed E-state index contributed by atoms with van der Waals surface area (Å²) < 4.78 is 1.68. The average molecular weight is 341 g/mol. The Bertz CT molecular complexity index is 770. The lowest BCUT2D eigenvalue weighted by molar-refractivity contribution is -0.135. The van der Waals surface area contributed by atoms with Crippen LogP contribution in [-0.4, -0.2) is 45.8 Å². The van der Waals surface area contributed by atoms with Crippen molar-refractivity contribution in [1.29, 1.82) is 0 Å². The number of hydrogen-bond acceptors (Lipinski definition) is 3. The number of likely N-dealkylation sites (N-methyl/N-ethyl adjacent to an activating group) is 1. The summed E-state index contributed by atoms with van der Waals surface area (Å²) >= 11 is 0. The molecule has 7 heteroatoms. The quantitative estimate of drug-likeness (QED) is 0.896. The van der Waals surface area contributed by atoms with Crippen LogP contribution in [0.1, 0.15) is 25.3 Å². The number of likely N-dealkylation sites (tertiary alicyclic amines) is 1. The van der Waals surface area contributed by atoms with Crippen molar-refractivity contribution in [3.8, 4) is 5.69 Å². The van der Waals surface area contributed by atoms with Gasteiger partial charge in [-0.3, -0.25) is 10.1 Å². The zero-order valence-electron chi connectivity index (χ0n) is 14.5. The van der Waals surface area contributed by atoms with Crippen molar-refractivity contribution < 1.29 is 9.59 Å². The van der Waals surface area contributed by atoms with Crippen molar-refractivity contribution in [2.24, 2.45) is 0 Å². The predicted molar refractivity (Wildman–Crippen MR) is 95.7 cm³/mol. The fourth-order valence-electron chi connectivity index (χ4n) is 3.09. The van der Waals surface area contributed by atoms with Gasteiger partial charge in [-0.15, -0.1) is 0 Å². The van der Waals surface area contributed by atoms with Crippen molar-refractivity contribution in [3.05, 3.63) is 42.1 Å². The molecule has 7 nitrogen and oxygen atoms in total. The summed E-state index contributed by atoms with van der Waals surface area (Å²) in [7, 11) is 0. The topological polar surface area (TPSA) is 79.3 Å². The molecule has 25 heavy (non-hydrogen) atoms. The van der Waals surface area contributed by atoms with Gasteiger partial charge in [-0.1, -0.05) is 18.2 Å². The number of hydrogen-bond donors (Lipinski definition) is 2. The van der Waals surface area contributed by atoms with E-state index in [0.29, 0.717) is 18.8 Å². The number of aromatic nitrogens is 2. The molecule has 0 radical (unpaired) electrons. The zero-order valence-corrected chi connectivity index (χ0v) is 14.5. The maximum atomic E-state index is 12.4. The van der Waals surface area contributed by atoms with Crippen LogP contribution in [0.25, 0.3) is 5.69 Å². The van der Waals surface area contributed by atoms with E-state index in [4.69, 9.17) is 0 Å². The molecular formula is C18H23N5O2. The summed E-state index contributed by atoms with van der Waals surface area (Å²) in [5.41, 5.74) is 1.95. The molecule has 1 saturated heterocycles. The van der Waals surface area contributed by atoms with Gasteiger partial charge in [0.1, 0.15) is 11.9 Å². The monoisotopic (exact) mass is 341 g/mol. The largest absolute Gasteiger partial charge is 0.341 e. The van der Waals surface area contributed by atoms with Crippen LogP contribution in [0.2, 0.25) is 0 Å². The minimum Gasteiger partial charge on any atom is -0.341 e. The SMILES string of the molecule is CCN1CCCC(NC(=O)Nc2ccnn2-c2ccccc2C)C1=O. The van der Waals surface area contributed by atoms with E-state index < -0.39 is 12.1 Å². The molecule has 1 fully saturated rings. The van der Waals surface area contributed by atoms with Gasteiger partial charge >= 0.3 is 6.03 Å². The van der Waals surface area contributed by atoms with Crippen molar-refractivity contribution >= 4 is 17.8 Å². The van der Waals surface area contributed by atoms with Gasteiger partial charge in [0.15, 0.2) is 0 Å². The van der Waals surface area contributed by atoms with E-state index in [9.17, 15) is 9.59 Å². The second kappa shape index (κ2) is 7.38. The number of aryl methyl sites for hydroxylation is 1. The highest BCUT2D eigenvalue weighted by Crippen LogP contribution is 2.18. The van der Waals surface area contributed by atoms with Gasteiger partial charge in [-0.05, 0) is 38.3 Å². The smallest absolute Gasteiger partial charge is 0.321 e. The van der Waals surface area contributed by atoms with Crippen molar-refractivity contribution in [3.63, 3.8) is 0 Å². The number of rotatable bonds is 4. The standard InChI is InChI=1S/C18H23N5O2/c1-3-22-12-6-8-14(17(22)24)20-18(25)21-16-10-11-19-23(16)15-9-5-4-7-13(15)2/h4-5,7,9-11,14H,3,6,8,12H2,1-2H3,(H2,20,21,25). The molecule has 132 valence electrons. The fraction of sp³-hybridized carbons (Fsp3) is 0.389.